The van der Waals surface area contributed by atoms with E-state index in [-0.39, 0.29) is 44.2 Å². The summed E-state index contributed by atoms with van der Waals surface area (Å²) >= 11 is 18.6. The van der Waals surface area contributed by atoms with E-state index in [1.54, 1.807) is 42.5 Å². The van der Waals surface area contributed by atoms with Crippen LogP contribution in [0.1, 0.15) is 24.0 Å². The molecule has 3 aromatic carbocycles. The Labute approximate surface area is 244 Å². The van der Waals surface area contributed by atoms with Gasteiger partial charge in [0.25, 0.3) is 0 Å². The summed E-state index contributed by atoms with van der Waals surface area (Å²) in [6, 6.07) is 20.1. The number of hydrogen-bond donors (Lipinski definition) is 1. The van der Waals surface area contributed by atoms with E-state index < -0.39 is 16.1 Å². The first-order chi connectivity index (χ1) is 18.5. The molecular weight excluding hydrogens is 581 g/mol. The Kier molecular flexibility index (Phi) is 11.1. The van der Waals surface area contributed by atoms with E-state index in [4.69, 9.17) is 34.8 Å². The second-order valence-electron chi connectivity index (χ2n) is 9.00. The smallest absolute Gasteiger partial charge is 0.242 e. The number of nitrogens with zero attached hydrogens (tertiary/aromatic N) is 2. The molecule has 0 aromatic heterocycles. The van der Waals surface area contributed by atoms with E-state index in [9.17, 15) is 18.0 Å². The topological polar surface area (TPSA) is 86.8 Å². The van der Waals surface area contributed by atoms with Crippen molar-refractivity contribution in [3.8, 4) is 0 Å². The average Bonchev–Trinajstić information content (AvgIpc) is 2.89. The summed E-state index contributed by atoms with van der Waals surface area (Å²) in [5, 5.41) is 3.89. The fourth-order valence-corrected chi connectivity index (χ4v) is 5.80. The van der Waals surface area contributed by atoms with Gasteiger partial charge < -0.3 is 10.2 Å². The Hall–Kier alpha value is -2.78. The molecule has 0 radical (unpaired) electrons. The number of anilines is 1. The molecule has 0 saturated heterocycles. The number of nitrogens with one attached hydrogen (secondary N) is 1. The van der Waals surface area contributed by atoms with Gasteiger partial charge in [-0.15, -0.1) is 0 Å². The van der Waals surface area contributed by atoms with Gasteiger partial charge >= 0.3 is 0 Å². The van der Waals surface area contributed by atoms with Crippen molar-refractivity contribution in [2.45, 2.75) is 31.8 Å². The highest BCUT2D eigenvalue weighted by Crippen LogP contribution is 2.26. The van der Waals surface area contributed by atoms with Crippen LogP contribution in [0.4, 0.5) is 5.69 Å². The Morgan fingerprint density at radius 2 is 1.62 bits per heavy atom. The predicted octanol–water partition coefficient (Wildman–Crippen LogP) is 5.58. The molecule has 11 heteroatoms. The molecule has 2 amide bonds. The van der Waals surface area contributed by atoms with Gasteiger partial charge in [-0.05, 0) is 47.9 Å². The summed E-state index contributed by atoms with van der Waals surface area (Å²) in [4.78, 5) is 28.2. The Morgan fingerprint density at radius 3 is 2.23 bits per heavy atom. The third-order valence-corrected chi connectivity index (χ3v) is 8.14. The van der Waals surface area contributed by atoms with Crippen molar-refractivity contribution >= 4 is 62.3 Å². The molecule has 0 aliphatic heterocycles. The van der Waals surface area contributed by atoms with Crippen LogP contribution in [0.3, 0.4) is 0 Å². The molecule has 39 heavy (non-hydrogen) atoms. The zero-order chi connectivity index (χ0) is 28.6. The van der Waals surface area contributed by atoms with Crippen LogP contribution in [-0.4, -0.2) is 51.0 Å². The van der Waals surface area contributed by atoms with Crippen molar-refractivity contribution in [3.05, 3.63) is 99.0 Å². The molecule has 0 heterocycles. The van der Waals surface area contributed by atoms with Crippen LogP contribution >= 0.6 is 34.8 Å². The standard InChI is InChI=1S/C28H30Cl3N3O4S/c1-32-28(36)26(16-20-8-4-3-5-9-20)33(19-21-13-14-23(30)18-25(21)31)27(35)12-7-15-34(39(2,37)38)24-11-6-10-22(29)17-24/h3-6,8-11,13-14,17-18,26H,7,12,15-16,19H2,1-2H3,(H,32,36)/t26-/m1/s1. The van der Waals surface area contributed by atoms with Gasteiger partial charge in [0, 0.05) is 48.0 Å². The second-order valence-corrected chi connectivity index (χ2v) is 12.2. The molecule has 0 aliphatic rings. The Morgan fingerprint density at radius 1 is 0.923 bits per heavy atom. The van der Waals surface area contributed by atoms with Gasteiger partial charge in [0.15, 0.2) is 0 Å². The SMILES string of the molecule is CNC(=O)[C@@H](Cc1ccccc1)N(Cc1ccc(Cl)cc1Cl)C(=O)CCCN(c1cccc(Cl)c1)S(C)(=O)=O. The third-order valence-electron chi connectivity index (χ3n) is 6.12. The minimum absolute atomic E-state index is 0.0000779. The normalized spacial score (nSPS) is 12.0. The first-order valence-corrected chi connectivity index (χ1v) is 15.2. The van der Waals surface area contributed by atoms with Gasteiger partial charge in [-0.3, -0.25) is 13.9 Å². The maximum absolute atomic E-state index is 13.7. The number of rotatable bonds is 12. The minimum atomic E-state index is -3.63. The van der Waals surface area contributed by atoms with E-state index in [0.29, 0.717) is 26.3 Å². The molecular formula is C28H30Cl3N3O4S. The molecule has 1 atom stereocenters. The minimum Gasteiger partial charge on any atom is -0.357 e. The van der Waals surface area contributed by atoms with Crippen LogP contribution < -0.4 is 9.62 Å². The van der Waals surface area contributed by atoms with Crippen molar-refractivity contribution in [2.24, 2.45) is 0 Å². The van der Waals surface area contributed by atoms with Crippen LogP contribution in [0.5, 0.6) is 0 Å². The van der Waals surface area contributed by atoms with Gasteiger partial charge in [-0.1, -0.05) is 77.3 Å². The second kappa shape index (κ2) is 14.0. The number of halogens is 3. The fourth-order valence-electron chi connectivity index (χ4n) is 4.19. The molecule has 3 aromatic rings. The first kappa shape index (κ1) is 30.8. The quantitative estimate of drug-likeness (QED) is 0.290. The number of likely N-dealkylation sites (N-methyl/N-ethyl adjacent to an activating group) is 1. The molecule has 208 valence electrons. The van der Waals surface area contributed by atoms with Crippen LogP contribution in [0.2, 0.25) is 15.1 Å². The number of hydrogen-bond acceptors (Lipinski definition) is 4. The van der Waals surface area contributed by atoms with Gasteiger partial charge in [0.1, 0.15) is 6.04 Å². The molecule has 0 bridgehead atoms. The Bertz CT molecular complexity index is 1400. The molecule has 1 N–H and O–H groups in total. The summed E-state index contributed by atoms with van der Waals surface area (Å²) < 4.78 is 26.2. The highest BCUT2D eigenvalue weighted by Gasteiger charge is 2.30. The molecule has 0 fully saturated rings. The molecule has 0 unspecified atom stereocenters. The molecule has 0 spiro atoms. The van der Waals surface area contributed by atoms with Crippen molar-refractivity contribution in [1.82, 2.24) is 10.2 Å². The lowest BCUT2D eigenvalue weighted by molar-refractivity contribution is -0.141. The summed E-state index contributed by atoms with van der Waals surface area (Å²) in [6.07, 6.45) is 1.61. The summed E-state index contributed by atoms with van der Waals surface area (Å²) in [6.45, 7) is 0.133. The monoisotopic (exact) mass is 609 g/mol. The number of benzene rings is 3. The Balaban J connectivity index is 1.87. The maximum Gasteiger partial charge on any atom is 0.242 e. The summed E-state index contributed by atoms with van der Waals surface area (Å²) in [5.41, 5.74) is 1.93. The highest BCUT2D eigenvalue weighted by molar-refractivity contribution is 7.92. The van der Waals surface area contributed by atoms with Gasteiger partial charge in [-0.2, -0.15) is 0 Å². The first-order valence-electron chi connectivity index (χ1n) is 12.2. The van der Waals surface area contributed by atoms with Gasteiger partial charge in [0.05, 0.1) is 11.9 Å². The highest BCUT2D eigenvalue weighted by atomic mass is 35.5. The van der Waals surface area contributed by atoms with Crippen LogP contribution in [-0.2, 0) is 32.6 Å². The van der Waals surface area contributed by atoms with Gasteiger partial charge in [-0.25, -0.2) is 8.42 Å². The number of amides is 2. The third kappa shape index (κ3) is 8.86. The van der Waals surface area contributed by atoms with Crippen LogP contribution in [0, 0.1) is 0 Å². The molecule has 0 aliphatic carbocycles. The predicted molar refractivity (Wildman–Crippen MR) is 158 cm³/mol. The van der Waals surface area contributed by atoms with Crippen LogP contribution in [0.25, 0.3) is 0 Å². The largest absolute Gasteiger partial charge is 0.357 e. The lowest BCUT2D eigenvalue weighted by Crippen LogP contribution is -2.49. The van der Waals surface area contributed by atoms with Crippen molar-refractivity contribution in [1.29, 1.82) is 0 Å². The van der Waals surface area contributed by atoms with E-state index >= 15 is 0 Å². The summed E-state index contributed by atoms with van der Waals surface area (Å²) in [5.74, 6) is -0.640. The van der Waals surface area contributed by atoms with Crippen molar-refractivity contribution < 1.29 is 18.0 Å². The number of carbonyl (C=O) groups is 2. The molecule has 7 nitrogen and oxygen atoms in total. The van der Waals surface area contributed by atoms with E-state index in [0.717, 1.165) is 11.8 Å². The van der Waals surface area contributed by atoms with E-state index in [1.807, 2.05) is 30.3 Å². The number of carbonyl (C=O) groups excluding carboxylic acids is 2. The van der Waals surface area contributed by atoms with Crippen LogP contribution in [0.15, 0.2) is 72.8 Å². The lowest BCUT2D eigenvalue weighted by atomic mass is 10.0. The van der Waals surface area contributed by atoms with Crippen molar-refractivity contribution in [2.75, 3.05) is 24.2 Å². The average molecular weight is 611 g/mol. The van der Waals surface area contributed by atoms with Gasteiger partial charge in [0.2, 0.25) is 21.8 Å². The maximum atomic E-state index is 13.7. The zero-order valence-corrected chi connectivity index (χ0v) is 24.7. The zero-order valence-electron chi connectivity index (χ0n) is 21.6. The summed E-state index contributed by atoms with van der Waals surface area (Å²) in [7, 11) is -2.11. The number of sulfonamides is 1. The lowest BCUT2D eigenvalue weighted by Gasteiger charge is -2.32. The van der Waals surface area contributed by atoms with E-state index in [2.05, 4.69) is 5.32 Å². The fraction of sp³-hybridized carbons (Fsp3) is 0.286. The van der Waals surface area contributed by atoms with E-state index in [1.165, 1.54) is 16.3 Å². The molecule has 0 saturated carbocycles. The molecule has 3 rings (SSSR count). The van der Waals surface area contributed by atoms with Crippen molar-refractivity contribution in [3.63, 3.8) is 0 Å².